The van der Waals surface area contributed by atoms with Crippen molar-refractivity contribution in [1.82, 2.24) is 14.9 Å². The van der Waals surface area contributed by atoms with Crippen LogP contribution in [0.2, 0.25) is 0 Å². The van der Waals surface area contributed by atoms with Gasteiger partial charge in [0.25, 0.3) is 0 Å². The fourth-order valence-electron chi connectivity index (χ4n) is 6.55. The van der Waals surface area contributed by atoms with E-state index in [-0.39, 0.29) is 32.2 Å². The number of aryl methyl sites for hydroxylation is 1. The Morgan fingerprint density at radius 3 is 1.72 bits per heavy atom. The van der Waals surface area contributed by atoms with Gasteiger partial charge in [-0.15, -0.1) is 0 Å². The molecule has 0 saturated carbocycles. The van der Waals surface area contributed by atoms with Gasteiger partial charge in [0.1, 0.15) is 19.8 Å². The second kappa shape index (κ2) is 42.5. The van der Waals surface area contributed by atoms with Crippen LogP contribution in [0.5, 0.6) is 0 Å². The molecular formula is C49H87N3O8. The zero-order valence-electron chi connectivity index (χ0n) is 38.4. The molecule has 1 heterocycles. The van der Waals surface area contributed by atoms with Crippen molar-refractivity contribution in [1.29, 1.82) is 0 Å². The lowest BCUT2D eigenvalue weighted by molar-refractivity contribution is -0.161. The lowest BCUT2D eigenvalue weighted by Gasteiger charge is -2.20. The second-order valence-electron chi connectivity index (χ2n) is 16.1. The highest BCUT2D eigenvalue weighted by Gasteiger charge is 2.19. The van der Waals surface area contributed by atoms with Crippen molar-refractivity contribution in [2.75, 3.05) is 39.6 Å². The van der Waals surface area contributed by atoms with E-state index < -0.39 is 24.3 Å². The zero-order chi connectivity index (χ0) is 43.4. The molecule has 0 bridgehead atoms. The SMILES string of the molecule is CCCCC/C=C\C/C=C\CCCCCCCC(=O)OCC(COC(=O)CCC(OCCCCCCCC)OCCCCCCCC)COC(=O)NCCCn1ccnc1. The monoisotopic (exact) mass is 846 g/mol. The zero-order valence-corrected chi connectivity index (χ0v) is 38.4. The third-order valence-corrected chi connectivity index (χ3v) is 10.4. The van der Waals surface area contributed by atoms with Crippen LogP contribution in [0.15, 0.2) is 43.0 Å². The molecule has 0 aliphatic carbocycles. The summed E-state index contributed by atoms with van der Waals surface area (Å²) in [5.74, 6) is -1.19. The summed E-state index contributed by atoms with van der Waals surface area (Å²) >= 11 is 0. The third kappa shape index (κ3) is 36.7. The number of ether oxygens (including phenoxy) is 5. The van der Waals surface area contributed by atoms with Crippen LogP contribution in [0.4, 0.5) is 4.79 Å². The van der Waals surface area contributed by atoms with Crippen molar-refractivity contribution in [2.24, 2.45) is 5.92 Å². The number of imidazole rings is 1. The predicted molar refractivity (Wildman–Crippen MR) is 243 cm³/mol. The van der Waals surface area contributed by atoms with E-state index in [4.69, 9.17) is 23.7 Å². The number of aromatic nitrogens is 2. The molecule has 1 aromatic rings. The summed E-state index contributed by atoms with van der Waals surface area (Å²) in [5, 5.41) is 2.76. The molecule has 0 spiro atoms. The van der Waals surface area contributed by atoms with Crippen molar-refractivity contribution >= 4 is 18.0 Å². The molecule has 1 N–H and O–H groups in total. The van der Waals surface area contributed by atoms with Gasteiger partial charge in [-0.2, -0.15) is 0 Å². The summed E-state index contributed by atoms with van der Waals surface area (Å²) in [7, 11) is 0. The average molecular weight is 846 g/mol. The number of esters is 2. The minimum atomic E-state index is -0.568. The van der Waals surface area contributed by atoms with E-state index in [9.17, 15) is 14.4 Å². The second-order valence-corrected chi connectivity index (χ2v) is 16.1. The van der Waals surface area contributed by atoms with Crippen molar-refractivity contribution in [2.45, 2.75) is 207 Å². The van der Waals surface area contributed by atoms with Gasteiger partial charge < -0.3 is 33.6 Å². The van der Waals surface area contributed by atoms with Gasteiger partial charge in [-0.05, 0) is 57.8 Å². The van der Waals surface area contributed by atoms with Gasteiger partial charge in [-0.1, -0.05) is 141 Å². The molecule has 0 aliphatic heterocycles. The van der Waals surface area contributed by atoms with Gasteiger partial charge in [0.05, 0.1) is 18.7 Å². The molecule has 1 unspecified atom stereocenters. The minimum Gasteiger partial charge on any atom is -0.465 e. The molecule has 1 amide bonds. The molecule has 0 saturated heterocycles. The first kappa shape index (κ1) is 54.8. The Balaban J connectivity index is 2.51. The van der Waals surface area contributed by atoms with Crippen molar-refractivity contribution in [3.63, 3.8) is 0 Å². The van der Waals surface area contributed by atoms with Gasteiger partial charge in [0.15, 0.2) is 6.29 Å². The topological polar surface area (TPSA) is 127 Å². The molecule has 60 heavy (non-hydrogen) atoms. The lowest BCUT2D eigenvalue weighted by atomic mass is 10.1. The van der Waals surface area contributed by atoms with Crippen molar-refractivity contribution in [3.8, 4) is 0 Å². The van der Waals surface area contributed by atoms with E-state index in [2.05, 4.69) is 55.4 Å². The van der Waals surface area contributed by atoms with Crippen LogP contribution in [-0.4, -0.2) is 73.5 Å². The maximum absolute atomic E-state index is 12.9. The Morgan fingerprint density at radius 2 is 1.12 bits per heavy atom. The maximum Gasteiger partial charge on any atom is 0.407 e. The molecule has 11 heteroatoms. The number of allylic oxidation sites excluding steroid dienone is 4. The predicted octanol–water partition coefficient (Wildman–Crippen LogP) is 12.4. The highest BCUT2D eigenvalue weighted by atomic mass is 16.7. The molecule has 1 rings (SSSR count). The number of hydrogen-bond donors (Lipinski definition) is 1. The van der Waals surface area contributed by atoms with Crippen LogP contribution >= 0.6 is 0 Å². The molecular weight excluding hydrogens is 759 g/mol. The summed E-state index contributed by atoms with van der Waals surface area (Å²) in [5.41, 5.74) is 0. The van der Waals surface area contributed by atoms with Crippen LogP contribution in [0.1, 0.15) is 194 Å². The fraction of sp³-hybridized carbons (Fsp3) is 0.796. The van der Waals surface area contributed by atoms with Crippen LogP contribution < -0.4 is 5.32 Å². The maximum atomic E-state index is 12.9. The average Bonchev–Trinajstić information content (AvgIpc) is 3.78. The van der Waals surface area contributed by atoms with Gasteiger partial charge in [-0.3, -0.25) is 9.59 Å². The van der Waals surface area contributed by atoms with Crippen LogP contribution in [-0.2, 0) is 39.8 Å². The summed E-state index contributed by atoms with van der Waals surface area (Å²) in [6.07, 6.45) is 41.2. The Kier molecular flexibility index (Phi) is 38.9. The number of alkyl carbamates (subject to hydrolysis) is 1. The Hall–Kier alpha value is -3.18. The van der Waals surface area contributed by atoms with Crippen LogP contribution in [0, 0.1) is 5.92 Å². The first-order valence-corrected chi connectivity index (χ1v) is 24.2. The molecule has 1 aromatic heterocycles. The molecule has 346 valence electrons. The summed E-state index contributed by atoms with van der Waals surface area (Å²) in [6, 6.07) is 0. The smallest absolute Gasteiger partial charge is 0.407 e. The highest BCUT2D eigenvalue weighted by molar-refractivity contribution is 5.70. The molecule has 0 fully saturated rings. The minimum absolute atomic E-state index is 0.00829. The van der Waals surface area contributed by atoms with E-state index in [0.717, 1.165) is 77.2 Å². The number of hydrogen-bond acceptors (Lipinski definition) is 9. The van der Waals surface area contributed by atoms with Crippen molar-refractivity contribution < 1.29 is 38.1 Å². The molecule has 11 nitrogen and oxygen atoms in total. The number of nitrogens with one attached hydrogen (secondary N) is 1. The largest absolute Gasteiger partial charge is 0.465 e. The van der Waals surface area contributed by atoms with Gasteiger partial charge in [0.2, 0.25) is 0 Å². The van der Waals surface area contributed by atoms with Crippen LogP contribution in [0.25, 0.3) is 0 Å². The first-order valence-electron chi connectivity index (χ1n) is 24.2. The van der Waals surface area contributed by atoms with Gasteiger partial charge in [0, 0.05) is 51.5 Å². The molecule has 0 radical (unpaired) electrons. The summed E-state index contributed by atoms with van der Waals surface area (Å²) in [4.78, 5) is 42.1. The number of rotatable bonds is 43. The van der Waals surface area contributed by atoms with E-state index in [1.807, 2.05) is 10.8 Å². The lowest BCUT2D eigenvalue weighted by Crippen LogP contribution is -2.31. The highest BCUT2D eigenvalue weighted by Crippen LogP contribution is 2.14. The Labute approximate surface area is 365 Å². The fourth-order valence-corrected chi connectivity index (χ4v) is 6.55. The quantitative estimate of drug-likeness (QED) is 0.0225. The Morgan fingerprint density at radius 1 is 0.600 bits per heavy atom. The van der Waals surface area contributed by atoms with E-state index >= 15 is 0 Å². The van der Waals surface area contributed by atoms with E-state index in [0.29, 0.717) is 39.0 Å². The number of amides is 1. The Bertz CT molecular complexity index is 1160. The number of carbonyl (C=O) groups excluding carboxylic acids is 3. The first-order chi connectivity index (χ1) is 29.5. The summed E-state index contributed by atoms with van der Waals surface area (Å²) < 4.78 is 30.8. The normalized spacial score (nSPS) is 12.1. The summed E-state index contributed by atoms with van der Waals surface area (Å²) in [6.45, 7) is 8.93. The van der Waals surface area contributed by atoms with Crippen LogP contribution in [0.3, 0.4) is 0 Å². The molecule has 0 aromatic carbocycles. The number of unbranched alkanes of at least 4 members (excludes halogenated alkanes) is 18. The van der Waals surface area contributed by atoms with Gasteiger partial charge >= 0.3 is 18.0 Å². The van der Waals surface area contributed by atoms with Crippen molar-refractivity contribution in [3.05, 3.63) is 43.0 Å². The number of nitrogens with zero attached hydrogens (tertiary/aromatic N) is 2. The number of carbonyl (C=O) groups is 3. The van der Waals surface area contributed by atoms with Gasteiger partial charge in [-0.25, -0.2) is 9.78 Å². The standard InChI is InChI=1S/C49H87N3O8/c1-4-7-10-13-16-17-18-19-20-21-22-23-24-25-28-32-46(53)58-41-45(43-60-49(55)51-35-31-37-52-38-36-50-44-52)42-59-47(54)33-34-48(56-39-29-26-14-11-8-5-2)57-40-30-27-15-12-9-6-3/h16-17,19-20,36,38,44-45,48H,4-15,18,21-35,37,39-43H2,1-3H3,(H,51,55)/b17-16-,20-19-. The molecule has 0 aliphatic rings. The molecule has 1 atom stereocenters. The van der Waals surface area contributed by atoms with E-state index in [1.165, 1.54) is 77.0 Å². The third-order valence-electron chi connectivity index (χ3n) is 10.4. The van der Waals surface area contributed by atoms with E-state index in [1.54, 1.807) is 12.5 Å².